The molecule has 5 nitrogen and oxygen atoms in total. The number of nitrogens with zero attached hydrogens (tertiary/aromatic N) is 1. The molecule has 1 atom stereocenters. The highest BCUT2D eigenvalue weighted by atomic mass is 16.6. The van der Waals surface area contributed by atoms with Gasteiger partial charge >= 0.3 is 5.97 Å². The lowest BCUT2D eigenvalue weighted by Gasteiger charge is -2.13. The van der Waals surface area contributed by atoms with Gasteiger partial charge in [-0.05, 0) is 17.9 Å². The van der Waals surface area contributed by atoms with Gasteiger partial charge in [0.15, 0.2) is 0 Å². The van der Waals surface area contributed by atoms with Crippen LogP contribution in [-0.4, -0.2) is 18.0 Å². The van der Waals surface area contributed by atoms with Crippen LogP contribution in [0.3, 0.4) is 0 Å². The van der Waals surface area contributed by atoms with Crippen LogP contribution in [-0.2, 0) is 9.53 Å². The molecule has 1 unspecified atom stereocenters. The molecule has 1 rings (SSSR count). The largest absolute Gasteiger partial charge is 0.469 e. The number of methoxy groups -OCH3 is 1. The first-order chi connectivity index (χ1) is 8.08. The van der Waals surface area contributed by atoms with Gasteiger partial charge in [0.2, 0.25) is 0 Å². The molecule has 0 heterocycles. The molecule has 0 aromatic heterocycles. The van der Waals surface area contributed by atoms with E-state index < -0.39 is 4.92 Å². The third kappa shape index (κ3) is 3.55. The Labute approximate surface area is 99.5 Å². The molecule has 92 valence electrons. The molecule has 17 heavy (non-hydrogen) atoms. The van der Waals surface area contributed by atoms with Gasteiger partial charge in [-0.3, -0.25) is 14.9 Å². The highest BCUT2D eigenvalue weighted by molar-refractivity contribution is 5.70. The van der Waals surface area contributed by atoms with Crippen molar-refractivity contribution in [2.24, 2.45) is 0 Å². The predicted molar refractivity (Wildman–Crippen MR) is 62.8 cm³/mol. The normalized spacial score (nSPS) is 11.9. The third-order valence-corrected chi connectivity index (χ3v) is 2.69. The molecule has 0 aliphatic heterocycles. The summed E-state index contributed by atoms with van der Waals surface area (Å²) in [5.74, 6) is -0.342. The van der Waals surface area contributed by atoms with Gasteiger partial charge < -0.3 is 4.74 Å². The number of non-ortho nitro benzene ring substituents is 1. The zero-order valence-electron chi connectivity index (χ0n) is 9.88. The fourth-order valence-electron chi connectivity index (χ4n) is 1.67. The van der Waals surface area contributed by atoms with Crippen molar-refractivity contribution in [3.63, 3.8) is 0 Å². The minimum absolute atomic E-state index is 0.0395. The first-order valence-electron chi connectivity index (χ1n) is 5.39. The fourth-order valence-corrected chi connectivity index (χ4v) is 1.67. The van der Waals surface area contributed by atoms with Gasteiger partial charge in [-0.2, -0.15) is 0 Å². The van der Waals surface area contributed by atoms with Crippen molar-refractivity contribution in [3.05, 3.63) is 39.9 Å². The van der Waals surface area contributed by atoms with Gasteiger partial charge in [-0.15, -0.1) is 0 Å². The van der Waals surface area contributed by atoms with Crippen LogP contribution >= 0.6 is 0 Å². The van der Waals surface area contributed by atoms with E-state index in [0.29, 0.717) is 0 Å². The summed E-state index contributed by atoms with van der Waals surface area (Å²) in [6, 6.07) is 6.38. The van der Waals surface area contributed by atoms with Crippen molar-refractivity contribution in [2.45, 2.75) is 25.7 Å². The molecule has 0 saturated heterocycles. The highest BCUT2D eigenvalue weighted by Crippen LogP contribution is 2.26. The summed E-state index contributed by atoms with van der Waals surface area (Å²) < 4.78 is 4.61. The number of ether oxygens (including phenoxy) is 1. The van der Waals surface area contributed by atoms with Crippen LogP contribution in [0.5, 0.6) is 0 Å². The van der Waals surface area contributed by atoms with Crippen LogP contribution in [0.4, 0.5) is 5.69 Å². The number of nitro groups is 1. The summed E-state index contributed by atoms with van der Waals surface area (Å²) in [4.78, 5) is 21.4. The van der Waals surface area contributed by atoms with Gasteiger partial charge in [0.1, 0.15) is 0 Å². The summed E-state index contributed by atoms with van der Waals surface area (Å²) in [5, 5.41) is 10.7. The van der Waals surface area contributed by atoms with E-state index in [1.54, 1.807) is 12.1 Å². The van der Waals surface area contributed by atoms with Gasteiger partial charge in [0.25, 0.3) is 5.69 Å². The Balaban J connectivity index is 2.91. The Bertz CT molecular complexity index is 417. The van der Waals surface area contributed by atoms with Crippen LogP contribution in [0, 0.1) is 10.1 Å². The second-order valence-electron chi connectivity index (χ2n) is 3.74. The van der Waals surface area contributed by atoms with Gasteiger partial charge in [0, 0.05) is 12.1 Å². The molecule has 0 N–H and O–H groups in total. The molecule has 0 aliphatic carbocycles. The number of benzene rings is 1. The summed E-state index contributed by atoms with van der Waals surface area (Å²) >= 11 is 0. The minimum atomic E-state index is -0.436. The monoisotopic (exact) mass is 237 g/mol. The number of nitro benzene ring substituents is 1. The maximum Gasteiger partial charge on any atom is 0.306 e. The Hall–Kier alpha value is -1.91. The third-order valence-electron chi connectivity index (χ3n) is 2.69. The van der Waals surface area contributed by atoms with Crippen LogP contribution in [0.1, 0.15) is 31.2 Å². The zero-order valence-corrected chi connectivity index (χ0v) is 9.88. The average Bonchev–Trinajstić information content (AvgIpc) is 2.35. The van der Waals surface area contributed by atoms with Crippen LogP contribution < -0.4 is 0 Å². The molecule has 0 fully saturated rings. The highest BCUT2D eigenvalue weighted by Gasteiger charge is 2.17. The van der Waals surface area contributed by atoms with Crippen LogP contribution in [0.2, 0.25) is 0 Å². The maximum atomic E-state index is 11.2. The standard InChI is InChI=1S/C12H15NO4/c1-3-9(8-12(14)17-2)10-5-4-6-11(7-10)13(15)16/h4-7,9H,3,8H2,1-2H3. The lowest BCUT2D eigenvalue weighted by molar-refractivity contribution is -0.384. The molecule has 0 bridgehead atoms. The van der Waals surface area contributed by atoms with Crippen molar-refractivity contribution in [2.75, 3.05) is 7.11 Å². The SMILES string of the molecule is CCC(CC(=O)OC)c1cccc([N+](=O)[O-])c1. The van der Waals surface area contributed by atoms with E-state index in [9.17, 15) is 14.9 Å². The quantitative estimate of drug-likeness (QED) is 0.448. The number of carbonyl (C=O) groups is 1. The Morgan fingerprint density at radius 3 is 2.76 bits per heavy atom. The van der Waals surface area contributed by atoms with Gasteiger partial charge in [0.05, 0.1) is 18.5 Å². The van der Waals surface area contributed by atoms with E-state index in [2.05, 4.69) is 4.74 Å². The molecule has 0 radical (unpaired) electrons. The number of carbonyl (C=O) groups excluding carboxylic acids is 1. The van der Waals surface area contributed by atoms with Crippen LogP contribution in [0.15, 0.2) is 24.3 Å². The Morgan fingerprint density at radius 1 is 1.53 bits per heavy atom. The Morgan fingerprint density at radius 2 is 2.24 bits per heavy atom. The number of esters is 1. The maximum absolute atomic E-state index is 11.2. The smallest absolute Gasteiger partial charge is 0.306 e. The van der Waals surface area contributed by atoms with E-state index in [1.165, 1.54) is 19.2 Å². The second kappa shape index (κ2) is 5.98. The van der Waals surface area contributed by atoms with Crippen molar-refractivity contribution >= 4 is 11.7 Å². The van der Waals surface area contributed by atoms with Crippen molar-refractivity contribution in [1.82, 2.24) is 0 Å². The van der Waals surface area contributed by atoms with E-state index in [1.807, 2.05) is 6.92 Å². The van der Waals surface area contributed by atoms with E-state index in [-0.39, 0.29) is 24.0 Å². The first kappa shape index (κ1) is 13.2. The molecular formula is C12H15NO4. The first-order valence-corrected chi connectivity index (χ1v) is 5.39. The minimum Gasteiger partial charge on any atom is -0.469 e. The number of rotatable bonds is 5. The zero-order chi connectivity index (χ0) is 12.8. The molecule has 1 aromatic rings. The summed E-state index contributed by atoms with van der Waals surface area (Å²) in [5.41, 5.74) is 0.845. The van der Waals surface area contributed by atoms with Gasteiger partial charge in [-0.1, -0.05) is 19.1 Å². The summed E-state index contributed by atoms with van der Waals surface area (Å²) in [6.45, 7) is 1.94. The van der Waals surface area contributed by atoms with Gasteiger partial charge in [-0.25, -0.2) is 0 Å². The van der Waals surface area contributed by atoms with Crippen LogP contribution in [0.25, 0.3) is 0 Å². The molecule has 0 saturated carbocycles. The van der Waals surface area contributed by atoms with Crippen molar-refractivity contribution < 1.29 is 14.5 Å². The van der Waals surface area contributed by atoms with Crippen molar-refractivity contribution in [3.8, 4) is 0 Å². The average molecular weight is 237 g/mol. The van der Waals surface area contributed by atoms with Crippen molar-refractivity contribution in [1.29, 1.82) is 0 Å². The molecule has 1 aromatic carbocycles. The lowest BCUT2D eigenvalue weighted by Crippen LogP contribution is -2.08. The fraction of sp³-hybridized carbons (Fsp3) is 0.417. The number of hydrogen-bond acceptors (Lipinski definition) is 4. The van der Waals surface area contributed by atoms with E-state index >= 15 is 0 Å². The second-order valence-corrected chi connectivity index (χ2v) is 3.74. The summed E-state index contributed by atoms with van der Waals surface area (Å²) in [6.07, 6.45) is 0.977. The van der Waals surface area contributed by atoms with E-state index in [0.717, 1.165) is 12.0 Å². The molecular weight excluding hydrogens is 222 g/mol. The predicted octanol–water partition coefficient (Wildman–Crippen LogP) is 2.65. The molecule has 0 aliphatic rings. The molecule has 5 heteroatoms. The summed E-state index contributed by atoms with van der Waals surface area (Å²) in [7, 11) is 1.34. The lowest BCUT2D eigenvalue weighted by atomic mass is 9.93. The molecule has 0 spiro atoms. The Kier molecular flexibility index (Phi) is 4.63. The molecule has 0 amide bonds. The number of hydrogen-bond donors (Lipinski definition) is 0. The van der Waals surface area contributed by atoms with E-state index in [4.69, 9.17) is 0 Å². The topological polar surface area (TPSA) is 69.4 Å².